The van der Waals surface area contributed by atoms with Crippen LogP contribution in [0.15, 0.2) is 84.9 Å². The highest BCUT2D eigenvalue weighted by Gasteiger charge is 2.49. The Labute approximate surface area is 152 Å². The number of hydrogen-bond donors (Lipinski definition) is 1. The van der Waals surface area contributed by atoms with Crippen molar-refractivity contribution in [2.24, 2.45) is 0 Å². The first kappa shape index (κ1) is 17.7. The van der Waals surface area contributed by atoms with Gasteiger partial charge in [-0.2, -0.15) is 0 Å². The lowest BCUT2D eigenvalue weighted by Crippen LogP contribution is -2.72. The number of benzene rings is 3. The van der Waals surface area contributed by atoms with E-state index >= 15 is 0 Å². The Hall–Kier alpha value is -2.16. The minimum atomic E-state index is -2.35. The lowest BCUT2D eigenvalue weighted by atomic mass is 10.2. The van der Waals surface area contributed by atoms with Gasteiger partial charge in [-0.3, -0.25) is 0 Å². The first-order chi connectivity index (χ1) is 12.0. The molecule has 25 heavy (non-hydrogen) atoms. The topological polar surface area (TPSA) is 20.2 Å². The molecule has 0 saturated carbocycles. The van der Waals surface area contributed by atoms with Gasteiger partial charge in [0.1, 0.15) is 0 Å². The van der Waals surface area contributed by atoms with Crippen LogP contribution in [0.25, 0.3) is 0 Å². The van der Waals surface area contributed by atoms with E-state index in [-0.39, 0.29) is 11.6 Å². The van der Waals surface area contributed by atoms with Crippen LogP contribution in [0.4, 0.5) is 0 Å². The molecule has 0 amide bonds. The lowest BCUT2D eigenvalue weighted by molar-refractivity contribution is 0.283. The van der Waals surface area contributed by atoms with Crippen molar-refractivity contribution >= 4 is 23.6 Å². The molecule has 0 heterocycles. The summed E-state index contributed by atoms with van der Waals surface area (Å²) >= 11 is 0. The zero-order valence-corrected chi connectivity index (χ0v) is 16.2. The number of hydrogen-bond acceptors (Lipinski definition) is 1. The van der Waals surface area contributed by atoms with Gasteiger partial charge >= 0.3 is 0 Å². The number of aliphatic hydroxyl groups is 1. The van der Waals surface area contributed by atoms with Gasteiger partial charge in [-0.25, -0.2) is 0 Å². The summed E-state index contributed by atoms with van der Waals surface area (Å²) in [7, 11) is -2.35. The molecule has 0 aliphatic carbocycles. The first-order valence-electron chi connectivity index (χ1n) is 8.82. The van der Waals surface area contributed by atoms with Gasteiger partial charge < -0.3 is 5.11 Å². The SMILES string of the molecule is CC(C)(C)[Si](c1ccccc1)(c1ccccc1)c1ccccc1CO. The highest BCUT2D eigenvalue weighted by Crippen LogP contribution is 2.36. The van der Waals surface area contributed by atoms with Crippen LogP contribution in [-0.4, -0.2) is 13.2 Å². The second-order valence-electron chi connectivity index (χ2n) is 7.55. The highest BCUT2D eigenvalue weighted by molar-refractivity contribution is 7.13. The summed E-state index contributed by atoms with van der Waals surface area (Å²) < 4.78 is 0. The summed E-state index contributed by atoms with van der Waals surface area (Å²) in [6, 6.07) is 30.1. The molecule has 128 valence electrons. The smallest absolute Gasteiger partial charge is 0.153 e. The Kier molecular flexibility index (Phi) is 4.93. The molecule has 2 heteroatoms. The van der Waals surface area contributed by atoms with Crippen molar-refractivity contribution in [1.29, 1.82) is 0 Å². The molecule has 1 nitrogen and oxygen atoms in total. The Morgan fingerprint density at radius 1 is 0.680 bits per heavy atom. The quantitative estimate of drug-likeness (QED) is 0.567. The van der Waals surface area contributed by atoms with Crippen molar-refractivity contribution in [1.82, 2.24) is 0 Å². The maximum atomic E-state index is 10.1. The molecule has 1 N–H and O–H groups in total. The summed E-state index contributed by atoms with van der Waals surface area (Å²) in [5.41, 5.74) is 1.04. The summed E-state index contributed by atoms with van der Waals surface area (Å²) in [6.07, 6.45) is 0. The molecule has 0 aromatic heterocycles. The third-order valence-electron chi connectivity index (χ3n) is 5.13. The van der Waals surface area contributed by atoms with E-state index in [9.17, 15) is 5.11 Å². The van der Waals surface area contributed by atoms with E-state index in [4.69, 9.17) is 0 Å². The van der Waals surface area contributed by atoms with E-state index in [0.717, 1.165) is 5.56 Å². The fourth-order valence-corrected chi connectivity index (χ4v) is 10.0. The molecule has 0 spiro atoms. The Balaban J connectivity index is 2.46. The molecule has 0 atom stereocenters. The van der Waals surface area contributed by atoms with Crippen molar-refractivity contribution in [3.8, 4) is 0 Å². The van der Waals surface area contributed by atoms with E-state index in [1.807, 2.05) is 6.07 Å². The second-order valence-corrected chi connectivity index (χ2v) is 12.2. The van der Waals surface area contributed by atoms with Crippen molar-refractivity contribution in [3.63, 3.8) is 0 Å². The molecular formula is C23H26OSi. The summed E-state index contributed by atoms with van der Waals surface area (Å²) in [5, 5.41) is 14.2. The van der Waals surface area contributed by atoms with Crippen LogP contribution in [0.3, 0.4) is 0 Å². The first-order valence-corrected chi connectivity index (χ1v) is 10.8. The van der Waals surface area contributed by atoms with Gasteiger partial charge in [0.15, 0.2) is 8.07 Å². The van der Waals surface area contributed by atoms with Crippen LogP contribution in [-0.2, 0) is 6.61 Å². The summed E-state index contributed by atoms with van der Waals surface area (Å²) in [5.74, 6) is 0. The van der Waals surface area contributed by atoms with E-state index in [1.54, 1.807) is 0 Å². The molecule has 0 radical (unpaired) electrons. The Morgan fingerprint density at radius 2 is 1.12 bits per heavy atom. The van der Waals surface area contributed by atoms with Gasteiger partial charge in [0, 0.05) is 0 Å². The van der Waals surface area contributed by atoms with Gasteiger partial charge in [0.05, 0.1) is 6.61 Å². The Morgan fingerprint density at radius 3 is 1.56 bits per heavy atom. The second kappa shape index (κ2) is 6.99. The van der Waals surface area contributed by atoms with E-state index in [2.05, 4.69) is 99.6 Å². The highest BCUT2D eigenvalue weighted by atomic mass is 28.3. The molecule has 0 bridgehead atoms. The molecular weight excluding hydrogens is 320 g/mol. The number of rotatable bonds is 4. The van der Waals surface area contributed by atoms with Crippen LogP contribution in [0.2, 0.25) is 5.04 Å². The maximum absolute atomic E-state index is 10.1. The van der Waals surface area contributed by atoms with Crippen molar-refractivity contribution in [2.75, 3.05) is 0 Å². The minimum Gasteiger partial charge on any atom is -0.392 e. The average Bonchev–Trinajstić information content (AvgIpc) is 2.63. The van der Waals surface area contributed by atoms with Crippen LogP contribution in [0.5, 0.6) is 0 Å². The number of aliphatic hydroxyl groups excluding tert-OH is 1. The Bertz CT molecular complexity index is 780. The molecule has 0 saturated heterocycles. The molecule has 3 rings (SSSR count). The standard InChI is InChI=1S/C23H26OSi/c1-23(2,3)25(20-13-6-4-7-14-20,21-15-8-5-9-16-21)22-17-11-10-12-19(22)18-24/h4-17,24H,18H2,1-3H3. The lowest BCUT2D eigenvalue weighted by Gasteiger charge is -2.45. The predicted molar refractivity (Wildman–Crippen MR) is 110 cm³/mol. The largest absolute Gasteiger partial charge is 0.392 e. The van der Waals surface area contributed by atoms with Gasteiger partial charge in [-0.05, 0) is 26.2 Å². The third-order valence-corrected chi connectivity index (χ3v) is 11.1. The molecule has 0 aliphatic heterocycles. The van der Waals surface area contributed by atoms with E-state index < -0.39 is 8.07 Å². The third kappa shape index (κ3) is 2.96. The van der Waals surface area contributed by atoms with Crippen molar-refractivity contribution in [3.05, 3.63) is 90.5 Å². The van der Waals surface area contributed by atoms with Crippen LogP contribution >= 0.6 is 0 Å². The molecule has 3 aromatic rings. The van der Waals surface area contributed by atoms with Crippen LogP contribution < -0.4 is 15.6 Å². The van der Waals surface area contributed by atoms with E-state index in [0.29, 0.717) is 0 Å². The van der Waals surface area contributed by atoms with Gasteiger partial charge in [0.2, 0.25) is 0 Å². The monoisotopic (exact) mass is 346 g/mol. The molecule has 0 fully saturated rings. The summed E-state index contributed by atoms with van der Waals surface area (Å²) in [6.45, 7) is 7.09. The van der Waals surface area contributed by atoms with Gasteiger partial charge in [0.25, 0.3) is 0 Å². The predicted octanol–water partition coefficient (Wildman–Crippen LogP) is 3.45. The zero-order chi connectivity index (χ0) is 17.9. The fourth-order valence-electron chi connectivity index (χ4n) is 4.15. The van der Waals surface area contributed by atoms with Crippen molar-refractivity contribution < 1.29 is 5.11 Å². The summed E-state index contributed by atoms with van der Waals surface area (Å²) in [4.78, 5) is 0. The fraction of sp³-hybridized carbons (Fsp3) is 0.217. The zero-order valence-electron chi connectivity index (χ0n) is 15.2. The van der Waals surface area contributed by atoms with Crippen molar-refractivity contribution in [2.45, 2.75) is 32.4 Å². The molecule has 0 aliphatic rings. The molecule has 0 unspecified atom stereocenters. The normalized spacial score (nSPS) is 12.2. The minimum absolute atomic E-state index is 0.0426. The van der Waals surface area contributed by atoms with Gasteiger partial charge in [-0.15, -0.1) is 0 Å². The molecule has 3 aromatic carbocycles. The van der Waals surface area contributed by atoms with E-state index in [1.165, 1.54) is 15.6 Å². The maximum Gasteiger partial charge on any atom is 0.153 e. The van der Waals surface area contributed by atoms with Crippen LogP contribution in [0.1, 0.15) is 26.3 Å². The van der Waals surface area contributed by atoms with Crippen LogP contribution in [0, 0.1) is 0 Å². The van der Waals surface area contributed by atoms with Gasteiger partial charge in [-0.1, -0.05) is 106 Å². The average molecular weight is 347 g/mol.